The van der Waals surface area contributed by atoms with Crippen molar-refractivity contribution in [2.75, 3.05) is 11.9 Å². The van der Waals surface area contributed by atoms with Crippen LogP contribution in [0.15, 0.2) is 24.3 Å². The Morgan fingerprint density at radius 1 is 1.30 bits per heavy atom. The number of nitrogens with zero attached hydrogens (tertiary/aromatic N) is 1. The molecule has 1 fully saturated rings. The van der Waals surface area contributed by atoms with E-state index in [9.17, 15) is 9.59 Å². The second kappa shape index (κ2) is 6.41. The number of carboxylic acid groups (broad SMARTS) is 1. The number of nitrogens with one attached hydrogen (secondary N) is 1. The third kappa shape index (κ3) is 3.50. The lowest BCUT2D eigenvalue weighted by molar-refractivity contribution is -0.138. The van der Waals surface area contributed by atoms with Gasteiger partial charge in [0.2, 0.25) is 0 Å². The van der Waals surface area contributed by atoms with E-state index in [-0.39, 0.29) is 18.6 Å². The average molecular weight is 276 g/mol. The second-order valence-electron chi connectivity index (χ2n) is 5.20. The number of para-hydroxylation sites is 1. The molecule has 0 bridgehead atoms. The van der Waals surface area contributed by atoms with Gasteiger partial charge in [-0.1, -0.05) is 31.0 Å². The summed E-state index contributed by atoms with van der Waals surface area (Å²) in [5, 5.41) is 11.8. The highest BCUT2D eigenvalue weighted by atomic mass is 16.4. The van der Waals surface area contributed by atoms with Gasteiger partial charge >= 0.3 is 12.0 Å². The van der Waals surface area contributed by atoms with Crippen molar-refractivity contribution in [1.29, 1.82) is 0 Å². The van der Waals surface area contributed by atoms with E-state index in [0.29, 0.717) is 0 Å². The molecule has 0 unspecified atom stereocenters. The van der Waals surface area contributed by atoms with E-state index in [2.05, 4.69) is 5.32 Å². The topological polar surface area (TPSA) is 69.6 Å². The number of rotatable bonds is 4. The van der Waals surface area contributed by atoms with E-state index >= 15 is 0 Å². The number of aryl methyl sites for hydroxylation is 1. The van der Waals surface area contributed by atoms with Crippen molar-refractivity contribution in [3.05, 3.63) is 29.8 Å². The fraction of sp³-hybridized carbons (Fsp3) is 0.467. The van der Waals surface area contributed by atoms with Gasteiger partial charge in [0.05, 0.1) is 0 Å². The number of carbonyl (C=O) groups is 2. The molecule has 1 aliphatic carbocycles. The second-order valence-corrected chi connectivity index (χ2v) is 5.20. The summed E-state index contributed by atoms with van der Waals surface area (Å²) in [7, 11) is 0. The normalized spacial score (nSPS) is 15.1. The van der Waals surface area contributed by atoms with Crippen LogP contribution in [0.25, 0.3) is 0 Å². The molecule has 0 aromatic heterocycles. The van der Waals surface area contributed by atoms with Crippen molar-refractivity contribution < 1.29 is 14.7 Å². The number of hydrogen-bond acceptors (Lipinski definition) is 2. The summed E-state index contributed by atoms with van der Waals surface area (Å²) in [5.41, 5.74) is 1.69. The third-order valence-corrected chi connectivity index (χ3v) is 3.72. The van der Waals surface area contributed by atoms with Crippen LogP contribution in [0.2, 0.25) is 0 Å². The van der Waals surface area contributed by atoms with Crippen molar-refractivity contribution >= 4 is 17.7 Å². The molecule has 20 heavy (non-hydrogen) atoms. The van der Waals surface area contributed by atoms with Crippen LogP contribution in [0.5, 0.6) is 0 Å². The average Bonchev–Trinajstić information content (AvgIpc) is 2.92. The van der Waals surface area contributed by atoms with E-state index < -0.39 is 5.97 Å². The van der Waals surface area contributed by atoms with Crippen molar-refractivity contribution in [2.45, 2.75) is 38.6 Å². The van der Waals surface area contributed by atoms with E-state index in [1.54, 1.807) is 0 Å². The number of anilines is 1. The summed E-state index contributed by atoms with van der Waals surface area (Å²) < 4.78 is 0. The predicted molar refractivity (Wildman–Crippen MR) is 76.8 cm³/mol. The van der Waals surface area contributed by atoms with Crippen LogP contribution in [0.1, 0.15) is 31.2 Å². The van der Waals surface area contributed by atoms with E-state index in [0.717, 1.165) is 36.9 Å². The van der Waals surface area contributed by atoms with E-state index in [1.165, 1.54) is 4.90 Å². The van der Waals surface area contributed by atoms with Crippen LogP contribution in [0, 0.1) is 6.92 Å². The molecule has 1 saturated carbocycles. The summed E-state index contributed by atoms with van der Waals surface area (Å²) in [5.74, 6) is -0.975. The predicted octanol–water partition coefficient (Wildman–Crippen LogP) is 2.86. The smallest absolute Gasteiger partial charge is 0.323 e. The zero-order valence-electron chi connectivity index (χ0n) is 11.6. The van der Waals surface area contributed by atoms with E-state index in [4.69, 9.17) is 5.11 Å². The number of amides is 2. The molecule has 1 aromatic carbocycles. The minimum atomic E-state index is -0.975. The fourth-order valence-electron chi connectivity index (χ4n) is 2.63. The maximum Gasteiger partial charge on any atom is 0.323 e. The fourth-order valence-corrected chi connectivity index (χ4v) is 2.63. The van der Waals surface area contributed by atoms with Gasteiger partial charge in [-0.3, -0.25) is 4.79 Å². The molecule has 5 heteroatoms. The van der Waals surface area contributed by atoms with Crippen LogP contribution >= 0.6 is 0 Å². The SMILES string of the molecule is Cc1ccccc1NC(=O)N(CC(=O)O)C1CCCC1. The van der Waals surface area contributed by atoms with Gasteiger partial charge in [0.1, 0.15) is 6.54 Å². The first-order chi connectivity index (χ1) is 9.58. The highest BCUT2D eigenvalue weighted by Gasteiger charge is 2.28. The number of carboxylic acids is 1. The molecule has 1 aromatic rings. The van der Waals surface area contributed by atoms with E-state index in [1.807, 2.05) is 31.2 Å². The van der Waals surface area contributed by atoms with Crippen LogP contribution in [-0.4, -0.2) is 34.6 Å². The molecule has 1 aliphatic rings. The molecule has 0 aliphatic heterocycles. The van der Waals surface area contributed by atoms with Gasteiger partial charge in [-0.25, -0.2) is 4.79 Å². The van der Waals surface area contributed by atoms with Crippen LogP contribution in [0.4, 0.5) is 10.5 Å². The lowest BCUT2D eigenvalue weighted by Crippen LogP contribution is -2.44. The molecule has 0 radical (unpaired) electrons. The first-order valence-corrected chi connectivity index (χ1v) is 6.93. The number of aliphatic carboxylic acids is 1. The number of benzene rings is 1. The molecule has 5 nitrogen and oxygen atoms in total. The standard InChI is InChI=1S/C15H20N2O3/c1-11-6-2-5-9-13(11)16-15(20)17(10-14(18)19)12-7-3-4-8-12/h2,5-6,9,12H,3-4,7-8,10H2,1H3,(H,16,20)(H,18,19). The Balaban J connectivity index is 2.09. The molecule has 0 heterocycles. The quantitative estimate of drug-likeness (QED) is 0.888. The molecule has 108 valence electrons. The molecule has 0 atom stereocenters. The van der Waals surface area contributed by atoms with Gasteiger partial charge in [0.15, 0.2) is 0 Å². The summed E-state index contributed by atoms with van der Waals surface area (Å²) in [6, 6.07) is 7.19. The first-order valence-electron chi connectivity index (χ1n) is 6.93. The number of hydrogen-bond donors (Lipinski definition) is 2. The Morgan fingerprint density at radius 2 is 1.95 bits per heavy atom. The summed E-state index contributed by atoms with van der Waals surface area (Å²) in [4.78, 5) is 24.8. The van der Waals surface area contributed by atoms with Gasteiger partial charge in [-0.15, -0.1) is 0 Å². The van der Waals surface area contributed by atoms with Crippen LogP contribution in [0.3, 0.4) is 0 Å². The Hall–Kier alpha value is -2.04. The van der Waals surface area contributed by atoms with Crippen molar-refractivity contribution in [3.8, 4) is 0 Å². The maximum atomic E-state index is 12.3. The molecule has 2 amide bonds. The first kappa shape index (κ1) is 14.4. The zero-order chi connectivity index (χ0) is 14.5. The Kier molecular flexibility index (Phi) is 4.61. The van der Waals surface area contributed by atoms with Crippen molar-refractivity contribution in [3.63, 3.8) is 0 Å². The van der Waals surface area contributed by atoms with Gasteiger partial charge in [0, 0.05) is 11.7 Å². The Bertz CT molecular complexity index is 496. The zero-order valence-corrected chi connectivity index (χ0v) is 11.6. The van der Waals surface area contributed by atoms with Gasteiger partial charge in [-0.2, -0.15) is 0 Å². The lowest BCUT2D eigenvalue weighted by Gasteiger charge is -2.27. The Labute approximate surface area is 118 Å². The molecule has 2 N–H and O–H groups in total. The third-order valence-electron chi connectivity index (χ3n) is 3.72. The monoisotopic (exact) mass is 276 g/mol. The maximum absolute atomic E-state index is 12.3. The Morgan fingerprint density at radius 3 is 2.55 bits per heavy atom. The molecule has 0 saturated heterocycles. The van der Waals surface area contributed by atoms with Crippen molar-refractivity contribution in [2.24, 2.45) is 0 Å². The van der Waals surface area contributed by atoms with Crippen LogP contribution in [-0.2, 0) is 4.79 Å². The molecular weight excluding hydrogens is 256 g/mol. The molecular formula is C15H20N2O3. The lowest BCUT2D eigenvalue weighted by atomic mass is 10.2. The highest BCUT2D eigenvalue weighted by molar-refractivity contribution is 5.92. The minimum Gasteiger partial charge on any atom is -0.480 e. The summed E-state index contributed by atoms with van der Waals surface area (Å²) >= 11 is 0. The highest BCUT2D eigenvalue weighted by Crippen LogP contribution is 2.24. The minimum absolute atomic E-state index is 0.0371. The van der Waals surface area contributed by atoms with Gasteiger partial charge in [0.25, 0.3) is 0 Å². The van der Waals surface area contributed by atoms with Crippen molar-refractivity contribution in [1.82, 2.24) is 4.90 Å². The van der Waals surface area contributed by atoms with Crippen LogP contribution < -0.4 is 5.32 Å². The summed E-state index contributed by atoms with van der Waals surface area (Å²) in [6.07, 6.45) is 3.87. The molecule has 0 spiro atoms. The number of carbonyl (C=O) groups excluding carboxylic acids is 1. The van der Waals surface area contributed by atoms with Gasteiger partial charge in [-0.05, 0) is 31.4 Å². The molecule has 2 rings (SSSR count). The summed E-state index contributed by atoms with van der Waals surface area (Å²) in [6.45, 7) is 1.66. The largest absolute Gasteiger partial charge is 0.480 e. The van der Waals surface area contributed by atoms with Gasteiger partial charge < -0.3 is 15.3 Å². The number of urea groups is 1.